The number of nitrogens with two attached hydrogens (primary N) is 1. The standard InChI is InChI=1S/C22H23ClFN5O3/c23-15-7-3-5-13(19(15)24)11-26-20(30)18-9-4-10-28(18)22(32)27-16-12-29(21(25)31)17-8-2-1-6-14(16)17/h1-3,5-8,16,18H,4,9-12H2,(H2,25,31)(H,26,30)(H,27,32)/t16?,18-/m0/s1. The summed E-state index contributed by atoms with van der Waals surface area (Å²) in [7, 11) is 0. The molecule has 0 radical (unpaired) electrons. The second-order valence-electron chi connectivity index (χ2n) is 7.79. The number of likely N-dealkylation sites (tertiary alicyclic amines) is 1. The molecular formula is C22H23ClFN5O3. The van der Waals surface area contributed by atoms with Crippen LogP contribution in [0, 0.1) is 5.82 Å². The van der Waals surface area contributed by atoms with Gasteiger partial charge in [-0.2, -0.15) is 0 Å². The van der Waals surface area contributed by atoms with Gasteiger partial charge in [-0.15, -0.1) is 0 Å². The molecule has 0 bridgehead atoms. The number of para-hydroxylation sites is 1. The summed E-state index contributed by atoms with van der Waals surface area (Å²) in [5, 5.41) is 5.60. The maximum Gasteiger partial charge on any atom is 0.319 e. The van der Waals surface area contributed by atoms with Gasteiger partial charge in [0.2, 0.25) is 5.91 Å². The van der Waals surface area contributed by atoms with E-state index in [9.17, 15) is 18.8 Å². The van der Waals surface area contributed by atoms with Crippen molar-refractivity contribution in [2.45, 2.75) is 31.5 Å². The fourth-order valence-corrected chi connectivity index (χ4v) is 4.43. The molecule has 0 aromatic heterocycles. The van der Waals surface area contributed by atoms with E-state index in [2.05, 4.69) is 10.6 Å². The number of carbonyl (C=O) groups excluding carboxylic acids is 3. The van der Waals surface area contributed by atoms with Crippen molar-refractivity contribution in [3.63, 3.8) is 0 Å². The molecule has 0 aliphatic carbocycles. The number of anilines is 1. The van der Waals surface area contributed by atoms with Crippen LogP contribution in [0.5, 0.6) is 0 Å². The Morgan fingerprint density at radius 1 is 1.16 bits per heavy atom. The van der Waals surface area contributed by atoms with E-state index in [0.29, 0.717) is 25.1 Å². The van der Waals surface area contributed by atoms with Gasteiger partial charge in [0.25, 0.3) is 0 Å². The molecule has 10 heteroatoms. The monoisotopic (exact) mass is 459 g/mol. The third-order valence-corrected chi connectivity index (χ3v) is 6.12. The van der Waals surface area contributed by atoms with Gasteiger partial charge in [0, 0.05) is 24.2 Å². The first kappa shape index (κ1) is 21.9. The summed E-state index contributed by atoms with van der Waals surface area (Å²) >= 11 is 5.79. The largest absolute Gasteiger partial charge is 0.351 e. The first-order valence-electron chi connectivity index (χ1n) is 10.3. The van der Waals surface area contributed by atoms with Crippen molar-refractivity contribution in [1.29, 1.82) is 0 Å². The quantitative estimate of drug-likeness (QED) is 0.654. The highest BCUT2D eigenvalue weighted by Crippen LogP contribution is 2.34. The highest BCUT2D eigenvalue weighted by atomic mass is 35.5. The van der Waals surface area contributed by atoms with Crippen LogP contribution in [0.2, 0.25) is 5.02 Å². The van der Waals surface area contributed by atoms with Crippen molar-refractivity contribution in [2.24, 2.45) is 5.73 Å². The van der Waals surface area contributed by atoms with Crippen LogP contribution in [-0.4, -0.2) is 42.0 Å². The number of halogens is 2. The lowest BCUT2D eigenvalue weighted by Crippen LogP contribution is -2.50. The molecule has 4 N–H and O–H groups in total. The fourth-order valence-electron chi connectivity index (χ4n) is 4.24. The number of amides is 5. The van der Waals surface area contributed by atoms with Gasteiger partial charge in [-0.25, -0.2) is 14.0 Å². The third kappa shape index (κ3) is 4.20. The second kappa shape index (κ2) is 9.04. The summed E-state index contributed by atoms with van der Waals surface area (Å²) in [6, 6.07) is 9.71. The molecule has 0 saturated carbocycles. The number of nitrogens with one attached hydrogen (secondary N) is 2. The predicted molar refractivity (Wildman–Crippen MR) is 118 cm³/mol. The van der Waals surface area contributed by atoms with Crippen LogP contribution in [-0.2, 0) is 11.3 Å². The minimum atomic E-state index is -0.666. The Morgan fingerprint density at radius 3 is 2.72 bits per heavy atom. The molecule has 32 heavy (non-hydrogen) atoms. The zero-order valence-electron chi connectivity index (χ0n) is 17.2. The summed E-state index contributed by atoms with van der Waals surface area (Å²) < 4.78 is 14.1. The van der Waals surface area contributed by atoms with Crippen LogP contribution in [0.1, 0.15) is 30.0 Å². The number of carbonyl (C=O) groups is 3. The van der Waals surface area contributed by atoms with E-state index in [1.54, 1.807) is 24.3 Å². The van der Waals surface area contributed by atoms with Crippen molar-refractivity contribution in [3.8, 4) is 0 Å². The van der Waals surface area contributed by atoms with Gasteiger partial charge in [-0.1, -0.05) is 41.9 Å². The van der Waals surface area contributed by atoms with Crippen LogP contribution in [0.15, 0.2) is 42.5 Å². The van der Waals surface area contributed by atoms with Gasteiger partial charge in [0.1, 0.15) is 11.9 Å². The van der Waals surface area contributed by atoms with Gasteiger partial charge in [0.15, 0.2) is 0 Å². The molecule has 2 aliphatic rings. The molecule has 8 nitrogen and oxygen atoms in total. The van der Waals surface area contributed by atoms with Crippen molar-refractivity contribution in [2.75, 3.05) is 18.0 Å². The maximum atomic E-state index is 14.1. The van der Waals surface area contributed by atoms with E-state index in [1.807, 2.05) is 12.1 Å². The third-order valence-electron chi connectivity index (χ3n) is 5.83. The van der Waals surface area contributed by atoms with Crippen LogP contribution in [0.4, 0.5) is 19.7 Å². The number of hydrogen-bond acceptors (Lipinski definition) is 3. The van der Waals surface area contributed by atoms with Crippen LogP contribution in [0.25, 0.3) is 0 Å². The molecule has 2 aromatic rings. The zero-order chi connectivity index (χ0) is 22.8. The lowest BCUT2D eigenvalue weighted by Gasteiger charge is -2.26. The SMILES string of the molecule is NC(=O)N1CC(NC(=O)N2CCC[C@H]2C(=O)NCc2cccc(Cl)c2F)c2ccccc21. The van der Waals surface area contributed by atoms with Crippen molar-refractivity contribution in [1.82, 2.24) is 15.5 Å². The number of urea groups is 2. The average Bonchev–Trinajstić information content (AvgIpc) is 3.40. The molecular weight excluding hydrogens is 437 g/mol. The van der Waals surface area contributed by atoms with Crippen molar-refractivity contribution in [3.05, 3.63) is 64.4 Å². The molecule has 4 rings (SSSR count). The molecule has 0 spiro atoms. The van der Waals surface area contributed by atoms with Gasteiger partial charge >= 0.3 is 12.1 Å². The Bertz CT molecular complexity index is 1070. The Kier molecular flexibility index (Phi) is 6.18. The maximum absolute atomic E-state index is 14.1. The van der Waals surface area contributed by atoms with Gasteiger partial charge in [0.05, 0.1) is 23.3 Å². The Balaban J connectivity index is 1.41. The Hall–Kier alpha value is -3.33. The molecule has 1 unspecified atom stereocenters. The highest BCUT2D eigenvalue weighted by Gasteiger charge is 2.37. The summed E-state index contributed by atoms with van der Waals surface area (Å²) in [5.41, 5.74) is 7.18. The van der Waals surface area contributed by atoms with Gasteiger partial charge < -0.3 is 21.3 Å². The first-order valence-corrected chi connectivity index (χ1v) is 10.7. The van der Waals surface area contributed by atoms with E-state index in [1.165, 1.54) is 15.9 Å². The number of nitrogens with zero attached hydrogens (tertiary/aromatic N) is 2. The number of hydrogen-bond donors (Lipinski definition) is 3. The highest BCUT2D eigenvalue weighted by molar-refractivity contribution is 6.30. The summed E-state index contributed by atoms with van der Waals surface area (Å²) in [6.45, 7) is 0.614. The first-order chi connectivity index (χ1) is 15.4. The summed E-state index contributed by atoms with van der Waals surface area (Å²) in [6.07, 6.45) is 1.18. The summed E-state index contributed by atoms with van der Waals surface area (Å²) in [5.74, 6) is -0.933. The van der Waals surface area contributed by atoms with E-state index in [4.69, 9.17) is 17.3 Å². The number of primary amides is 1. The molecule has 2 heterocycles. The van der Waals surface area contributed by atoms with Crippen LogP contribution in [0.3, 0.4) is 0 Å². The second-order valence-corrected chi connectivity index (χ2v) is 8.20. The molecule has 2 aromatic carbocycles. The average molecular weight is 460 g/mol. The molecule has 1 fully saturated rings. The Morgan fingerprint density at radius 2 is 1.94 bits per heavy atom. The predicted octanol–water partition coefficient (Wildman–Crippen LogP) is 2.91. The van der Waals surface area contributed by atoms with Crippen molar-refractivity contribution < 1.29 is 18.8 Å². The molecule has 168 valence electrons. The smallest absolute Gasteiger partial charge is 0.319 e. The topological polar surface area (TPSA) is 108 Å². The molecule has 5 amide bonds. The zero-order valence-corrected chi connectivity index (χ0v) is 17.9. The summed E-state index contributed by atoms with van der Waals surface area (Å²) in [4.78, 5) is 40.4. The number of fused-ring (bicyclic) bond motifs is 1. The number of rotatable bonds is 4. The van der Waals surface area contributed by atoms with E-state index >= 15 is 0 Å². The van der Waals surface area contributed by atoms with E-state index in [-0.39, 0.29) is 29.6 Å². The molecule has 2 aliphatic heterocycles. The minimum absolute atomic E-state index is 0.0135. The minimum Gasteiger partial charge on any atom is -0.351 e. The molecule has 1 saturated heterocycles. The van der Waals surface area contributed by atoms with E-state index < -0.39 is 30.0 Å². The van der Waals surface area contributed by atoms with Crippen molar-refractivity contribution >= 4 is 35.3 Å². The van der Waals surface area contributed by atoms with Gasteiger partial charge in [-0.05, 0) is 25.0 Å². The van der Waals surface area contributed by atoms with Crippen LogP contribution >= 0.6 is 11.6 Å². The lowest BCUT2D eigenvalue weighted by atomic mass is 10.1. The normalized spacial score (nSPS) is 19.6. The Labute approximate surface area is 189 Å². The lowest BCUT2D eigenvalue weighted by molar-refractivity contribution is -0.124. The van der Waals surface area contributed by atoms with Gasteiger partial charge in [-0.3, -0.25) is 9.69 Å². The van der Waals surface area contributed by atoms with E-state index in [0.717, 1.165) is 5.56 Å². The van der Waals surface area contributed by atoms with Crippen LogP contribution < -0.4 is 21.3 Å². The number of benzene rings is 2. The molecule has 2 atom stereocenters. The fraction of sp³-hybridized carbons (Fsp3) is 0.318.